The molecular formula is C11H11N3O2. The van der Waals surface area contributed by atoms with E-state index >= 15 is 0 Å². The van der Waals surface area contributed by atoms with Gasteiger partial charge in [0.15, 0.2) is 0 Å². The number of nitrogens with zero attached hydrogens (tertiary/aromatic N) is 2. The maximum absolute atomic E-state index is 11.7. The van der Waals surface area contributed by atoms with Crippen LogP contribution in [-0.2, 0) is 0 Å². The molecule has 5 nitrogen and oxygen atoms in total. The molecule has 0 aromatic carbocycles. The number of carbonyl (C=O) groups excluding carboxylic acids is 1. The molecule has 2 aromatic heterocycles. The van der Waals surface area contributed by atoms with Crippen molar-refractivity contribution in [2.24, 2.45) is 0 Å². The number of hydrogen-bond acceptors (Lipinski definition) is 3. The summed E-state index contributed by atoms with van der Waals surface area (Å²) in [6.45, 7) is 0. The first-order valence-electron chi connectivity index (χ1n) is 4.73. The maximum atomic E-state index is 11.7. The molecule has 1 amide bonds. The van der Waals surface area contributed by atoms with Gasteiger partial charge in [-0.1, -0.05) is 0 Å². The van der Waals surface area contributed by atoms with Crippen molar-refractivity contribution in [2.45, 2.75) is 0 Å². The smallest absolute Gasteiger partial charge is 0.330 e. The summed E-state index contributed by atoms with van der Waals surface area (Å²) in [7, 11) is 1.54. The number of pyridine rings is 1. The summed E-state index contributed by atoms with van der Waals surface area (Å²) in [4.78, 5) is 15.6. The van der Waals surface area contributed by atoms with E-state index in [1.807, 2.05) is 0 Å². The molecule has 0 radical (unpaired) electrons. The zero-order valence-corrected chi connectivity index (χ0v) is 8.75. The van der Waals surface area contributed by atoms with Crippen molar-refractivity contribution >= 4 is 11.7 Å². The van der Waals surface area contributed by atoms with Gasteiger partial charge in [0.1, 0.15) is 11.4 Å². The summed E-state index contributed by atoms with van der Waals surface area (Å²) in [6.07, 6.45) is 6.47. The van der Waals surface area contributed by atoms with Gasteiger partial charge in [-0.3, -0.25) is 9.55 Å². The molecule has 0 bridgehead atoms. The lowest BCUT2D eigenvalue weighted by molar-refractivity contribution is 0.253. The summed E-state index contributed by atoms with van der Waals surface area (Å²) in [5.41, 5.74) is 0.545. The number of rotatable bonds is 2. The lowest BCUT2D eigenvalue weighted by Crippen LogP contribution is -2.18. The van der Waals surface area contributed by atoms with E-state index in [2.05, 4.69) is 10.3 Å². The van der Waals surface area contributed by atoms with Crippen molar-refractivity contribution in [1.82, 2.24) is 9.55 Å². The molecule has 2 rings (SSSR count). The Balaban J connectivity index is 2.18. The molecule has 0 unspecified atom stereocenters. The standard InChI is InChI=1S/C11H11N3O2/c1-16-10-4-5-12-8-9(10)13-11(15)14-6-2-3-7-14/h2-8H,1H3,(H,13,15). The third-order valence-electron chi connectivity index (χ3n) is 2.08. The summed E-state index contributed by atoms with van der Waals surface area (Å²) in [5.74, 6) is 0.579. The van der Waals surface area contributed by atoms with Gasteiger partial charge in [-0.2, -0.15) is 0 Å². The van der Waals surface area contributed by atoms with E-state index in [-0.39, 0.29) is 6.03 Å². The molecule has 5 heteroatoms. The number of nitrogens with one attached hydrogen (secondary N) is 1. The van der Waals surface area contributed by atoms with Gasteiger partial charge in [-0.05, 0) is 12.1 Å². The monoisotopic (exact) mass is 217 g/mol. The van der Waals surface area contributed by atoms with Crippen LogP contribution in [-0.4, -0.2) is 22.7 Å². The predicted octanol–water partition coefficient (Wildman–Crippen LogP) is 1.97. The minimum atomic E-state index is -0.253. The Kier molecular flexibility index (Phi) is 2.86. The number of methoxy groups -OCH3 is 1. The Hall–Kier alpha value is -2.30. The molecule has 0 atom stereocenters. The highest BCUT2D eigenvalue weighted by atomic mass is 16.5. The summed E-state index contributed by atoms with van der Waals surface area (Å²) in [5, 5.41) is 2.70. The molecule has 0 aliphatic rings. The molecule has 2 aromatic rings. The molecule has 82 valence electrons. The highest BCUT2D eigenvalue weighted by Gasteiger charge is 2.07. The Bertz CT molecular complexity index is 480. The fourth-order valence-electron chi connectivity index (χ4n) is 1.30. The van der Waals surface area contributed by atoms with Gasteiger partial charge in [0.2, 0.25) is 0 Å². The third-order valence-corrected chi connectivity index (χ3v) is 2.08. The number of amides is 1. The fraction of sp³-hybridized carbons (Fsp3) is 0.0909. The van der Waals surface area contributed by atoms with Crippen LogP contribution >= 0.6 is 0 Å². The van der Waals surface area contributed by atoms with E-state index in [4.69, 9.17) is 4.74 Å². The van der Waals surface area contributed by atoms with E-state index in [1.54, 1.807) is 50.1 Å². The van der Waals surface area contributed by atoms with Gasteiger partial charge in [0, 0.05) is 24.7 Å². The van der Waals surface area contributed by atoms with Crippen molar-refractivity contribution < 1.29 is 9.53 Å². The number of anilines is 1. The molecule has 16 heavy (non-hydrogen) atoms. The average molecular weight is 217 g/mol. The highest BCUT2D eigenvalue weighted by Crippen LogP contribution is 2.21. The topological polar surface area (TPSA) is 56.1 Å². The van der Waals surface area contributed by atoms with Gasteiger partial charge in [-0.15, -0.1) is 0 Å². The second kappa shape index (κ2) is 4.48. The van der Waals surface area contributed by atoms with Crippen molar-refractivity contribution in [3.63, 3.8) is 0 Å². The normalized spacial score (nSPS) is 9.81. The fourth-order valence-corrected chi connectivity index (χ4v) is 1.30. The quantitative estimate of drug-likeness (QED) is 0.836. The summed E-state index contributed by atoms with van der Waals surface area (Å²) in [6, 6.07) is 4.99. The van der Waals surface area contributed by atoms with Crippen molar-refractivity contribution in [2.75, 3.05) is 12.4 Å². The second-order valence-corrected chi connectivity index (χ2v) is 3.10. The molecule has 0 aliphatic carbocycles. The maximum Gasteiger partial charge on any atom is 0.330 e. The van der Waals surface area contributed by atoms with E-state index in [1.165, 1.54) is 4.57 Å². The average Bonchev–Trinajstić information content (AvgIpc) is 2.83. The first-order valence-corrected chi connectivity index (χ1v) is 4.73. The zero-order valence-electron chi connectivity index (χ0n) is 8.75. The Morgan fingerprint density at radius 1 is 1.44 bits per heavy atom. The van der Waals surface area contributed by atoms with Crippen LogP contribution in [0.4, 0.5) is 10.5 Å². The minimum absolute atomic E-state index is 0.253. The van der Waals surface area contributed by atoms with E-state index < -0.39 is 0 Å². The van der Waals surface area contributed by atoms with Gasteiger partial charge < -0.3 is 10.1 Å². The van der Waals surface area contributed by atoms with Crippen molar-refractivity contribution in [3.8, 4) is 5.75 Å². The molecule has 1 N–H and O–H groups in total. The SMILES string of the molecule is COc1ccncc1NC(=O)n1cccc1. The van der Waals surface area contributed by atoms with Crippen LogP contribution in [0.5, 0.6) is 5.75 Å². The van der Waals surface area contributed by atoms with E-state index in [0.717, 1.165) is 0 Å². The van der Waals surface area contributed by atoms with Crippen molar-refractivity contribution in [1.29, 1.82) is 0 Å². The van der Waals surface area contributed by atoms with E-state index in [0.29, 0.717) is 11.4 Å². The van der Waals surface area contributed by atoms with Crippen LogP contribution in [0.2, 0.25) is 0 Å². The molecule has 0 fully saturated rings. The van der Waals surface area contributed by atoms with Crippen LogP contribution in [0.3, 0.4) is 0 Å². The van der Waals surface area contributed by atoms with E-state index in [9.17, 15) is 4.79 Å². The zero-order chi connectivity index (χ0) is 11.4. The van der Waals surface area contributed by atoms with Crippen molar-refractivity contribution in [3.05, 3.63) is 43.0 Å². The number of aromatic nitrogens is 2. The Morgan fingerprint density at radius 2 is 2.19 bits per heavy atom. The predicted molar refractivity (Wildman–Crippen MR) is 59.6 cm³/mol. The van der Waals surface area contributed by atoms with Crippen LogP contribution in [0.15, 0.2) is 43.0 Å². The van der Waals surface area contributed by atoms with Crippen LogP contribution in [0.1, 0.15) is 0 Å². The molecule has 0 aliphatic heterocycles. The first kappa shape index (κ1) is 10.2. The lowest BCUT2D eigenvalue weighted by Gasteiger charge is -2.09. The minimum Gasteiger partial charge on any atom is -0.494 e. The van der Waals surface area contributed by atoms with Gasteiger partial charge >= 0.3 is 6.03 Å². The summed E-state index contributed by atoms with van der Waals surface area (Å²) >= 11 is 0. The molecule has 0 saturated carbocycles. The largest absolute Gasteiger partial charge is 0.494 e. The third kappa shape index (κ3) is 2.03. The lowest BCUT2D eigenvalue weighted by atomic mass is 10.4. The molecular weight excluding hydrogens is 206 g/mol. The van der Waals surface area contributed by atoms with Gasteiger partial charge in [0.05, 0.1) is 13.3 Å². The highest BCUT2D eigenvalue weighted by molar-refractivity contribution is 5.92. The molecule has 0 saturated heterocycles. The van der Waals surface area contributed by atoms with Crippen LogP contribution in [0, 0.1) is 0 Å². The Morgan fingerprint density at radius 3 is 2.88 bits per heavy atom. The number of carbonyl (C=O) groups is 1. The van der Waals surface area contributed by atoms with Crippen LogP contribution in [0.25, 0.3) is 0 Å². The number of hydrogen-bond donors (Lipinski definition) is 1. The van der Waals surface area contributed by atoms with Gasteiger partial charge in [-0.25, -0.2) is 4.79 Å². The molecule has 0 spiro atoms. The van der Waals surface area contributed by atoms with Gasteiger partial charge in [0.25, 0.3) is 0 Å². The summed E-state index contributed by atoms with van der Waals surface area (Å²) < 4.78 is 6.54. The first-order chi connectivity index (χ1) is 7.81. The number of ether oxygens (including phenoxy) is 1. The molecule has 2 heterocycles. The second-order valence-electron chi connectivity index (χ2n) is 3.10. The van der Waals surface area contributed by atoms with Crippen LogP contribution < -0.4 is 10.1 Å². The Labute approximate surface area is 92.7 Å².